The molecule has 4 rings (SSSR count). The van der Waals surface area contributed by atoms with Crippen LogP contribution in [-0.4, -0.2) is 20.9 Å². The van der Waals surface area contributed by atoms with Crippen molar-refractivity contribution < 1.29 is 9.18 Å². The van der Waals surface area contributed by atoms with Gasteiger partial charge in [0.15, 0.2) is 4.83 Å². The minimum atomic E-state index is -0.412. The van der Waals surface area contributed by atoms with Crippen LogP contribution in [0.3, 0.4) is 0 Å². The number of amides is 1. The van der Waals surface area contributed by atoms with E-state index in [2.05, 4.69) is 22.6 Å². The highest BCUT2D eigenvalue weighted by Gasteiger charge is 2.24. The minimum absolute atomic E-state index is 0.236. The number of rotatable bonds is 3. The molecular formula is C18H17FN4O2S. The lowest BCUT2D eigenvalue weighted by atomic mass is 9.89. The van der Waals surface area contributed by atoms with Gasteiger partial charge in [0.1, 0.15) is 12.4 Å². The molecule has 0 spiro atoms. The van der Waals surface area contributed by atoms with Gasteiger partial charge in [-0.15, -0.1) is 16.4 Å². The van der Waals surface area contributed by atoms with Gasteiger partial charge in [-0.3, -0.25) is 9.59 Å². The van der Waals surface area contributed by atoms with Gasteiger partial charge in [0.25, 0.3) is 5.56 Å². The standard InChI is InChI=1S/C18H17FN4O2S/c1-10-2-7-13-14(8-10)26-17-16(13)18(25)23(22-21-17)9-15(24)20-12-5-3-11(19)4-6-12/h3-6,10H,2,7-9H2,1H3,(H,20,24)/t10-/m0/s1. The molecule has 134 valence electrons. The molecule has 2 aromatic heterocycles. The molecule has 1 amide bonds. The van der Waals surface area contributed by atoms with E-state index in [4.69, 9.17) is 0 Å². The number of carbonyl (C=O) groups excluding carboxylic acids is 1. The van der Waals surface area contributed by atoms with Crippen molar-refractivity contribution in [2.24, 2.45) is 5.92 Å². The molecule has 1 N–H and O–H groups in total. The second-order valence-corrected chi connectivity index (χ2v) is 7.72. The topological polar surface area (TPSA) is 76.9 Å². The van der Waals surface area contributed by atoms with Gasteiger partial charge in [-0.1, -0.05) is 12.1 Å². The predicted octanol–water partition coefficient (Wildman–Crippen LogP) is 2.76. The summed E-state index contributed by atoms with van der Waals surface area (Å²) in [5, 5.41) is 11.3. The molecular weight excluding hydrogens is 355 g/mol. The van der Waals surface area contributed by atoms with Crippen LogP contribution < -0.4 is 10.9 Å². The van der Waals surface area contributed by atoms with Crippen molar-refractivity contribution >= 4 is 33.1 Å². The predicted molar refractivity (Wildman–Crippen MR) is 97.9 cm³/mol. The third-order valence-electron chi connectivity index (χ3n) is 4.61. The number of benzene rings is 1. The van der Waals surface area contributed by atoms with Crippen LogP contribution in [0.25, 0.3) is 10.2 Å². The van der Waals surface area contributed by atoms with Crippen molar-refractivity contribution in [2.75, 3.05) is 5.32 Å². The highest BCUT2D eigenvalue weighted by molar-refractivity contribution is 7.18. The maximum Gasteiger partial charge on any atom is 0.279 e. The summed E-state index contributed by atoms with van der Waals surface area (Å²) in [6.07, 6.45) is 2.87. The van der Waals surface area contributed by atoms with Crippen LogP contribution in [0.2, 0.25) is 0 Å². The molecule has 0 bridgehead atoms. The molecule has 1 atom stereocenters. The second-order valence-electron chi connectivity index (χ2n) is 6.64. The van der Waals surface area contributed by atoms with Gasteiger partial charge >= 0.3 is 0 Å². The zero-order valence-electron chi connectivity index (χ0n) is 14.2. The van der Waals surface area contributed by atoms with E-state index in [1.807, 2.05) is 0 Å². The van der Waals surface area contributed by atoms with E-state index >= 15 is 0 Å². The Kier molecular flexibility index (Phi) is 4.28. The van der Waals surface area contributed by atoms with Crippen molar-refractivity contribution in [1.82, 2.24) is 15.0 Å². The monoisotopic (exact) mass is 372 g/mol. The number of aromatic nitrogens is 3. The van der Waals surface area contributed by atoms with Crippen LogP contribution in [0.1, 0.15) is 23.8 Å². The SMILES string of the molecule is C[C@H]1CCc2c(sc3nnn(CC(=O)Nc4ccc(F)cc4)c(=O)c23)C1. The van der Waals surface area contributed by atoms with Crippen molar-refractivity contribution in [3.05, 3.63) is 50.9 Å². The summed E-state index contributed by atoms with van der Waals surface area (Å²) in [4.78, 5) is 26.9. The van der Waals surface area contributed by atoms with E-state index in [1.165, 1.54) is 40.5 Å². The molecule has 0 radical (unpaired) electrons. The summed E-state index contributed by atoms with van der Waals surface area (Å²) in [6, 6.07) is 5.43. The van der Waals surface area contributed by atoms with Gasteiger partial charge in [-0.2, -0.15) is 0 Å². The van der Waals surface area contributed by atoms with Gasteiger partial charge < -0.3 is 5.32 Å². The Balaban J connectivity index is 1.61. The van der Waals surface area contributed by atoms with Crippen molar-refractivity contribution in [1.29, 1.82) is 0 Å². The molecule has 0 aliphatic heterocycles. The number of aryl methyl sites for hydroxylation is 1. The van der Waals surface area contributed by atoms with Crippen LogP contribution >= 0.6 is 11.3 Å². The summed E-state index contributed by atoms with van der Waals surface area (Å²) >= 11 is 1.53. The fourth-order valence-corrected chi connectivity index (χ4v) is 4.58. The fraction of sp³-hybridized carbons (Fsp3) is 0.333. The van der Waals surface area contributed by atoms with Crippen molar-refractivity contribution in [3.8, 4) is 0 Å². The normalized spacial score (nSPS) is 16.5. The van der Waals surface area contributed by atoms with E-state index in [1.54, 1.807) is 0 Å². The number of fused-ring (bicyclic) bond motifs is 3. The highest BCUT2D eigenvalue weighted by Crippen LogP contribution is 2.35. The van der Waals surface area contributed by atoms with Crippen LogP contribution in [-0.2, 0) is 24.2 Å². The van der Waals surface area contributed by atoms with E-state index in [-0.39, 0.29) is 17.9 Å². The first-order valence-electron chi connectivity index (χ1n) is 8.44. The fourth-order valence-electron chi connectivity index (χ4n) is 3.26. The molecule has 1 aliphatic rings. The van der Waals surface area contributed by atoms with Gasteiger partial charge in [0.2, 0.25) is 5.91 Å². The average Bonchev–Trinajstić information content (AvgIpc) is 2.97. The van der Waals surface area contributed by atoms with Gasteiger partial charge in [0, 0.05) is 10.6 Å². The molecule has 0 saturated carbocycles. The molecule has 6 nitrogen and oxygen atoms in total. The van der Waals surface area contributed by atoms with E-state index in [9.17, 15) is 14.0 Å². The summed E-state index contributed by atoms with van der Waals surface area (Å²) in [5.41, 5.74) is 1.24. The summed E-state index contributed by atoms with van der Waals surface area (Å²) in [5.74, 6) is -0.190. The Morgan fingerprint density at radius 3 is 2.92 bits per heavy atom. The van der Waals surface area contributed by atoms with Gasteiger partial charge in [-0.05, 0) is 55.0 Å². The smallest absolute Gasteiger partial charge is 0.279 e. The number of hydrogen-bond donors (Lipinski definition) is 1. The summed E-state index contributed by atoms with van der Waals surface area (Å²) in [7, 11) is 0. The molecule has 26 heavy (non-hydrogen) atoms. The van der Waals surface area contributed by atoms with Crippen LogP contribution in [0.5, 0.6) is 0 Å². The zero-order valence-corrected chi connectivity index (χ0v) is 15.0. The number of nitrogens with one attached hydrogen (secondary N) is 1. The van der Waals surface area contributed by atoms with Crippen molar-refractivity contribution in [2.45, 2.75) is 32.7 Å². The number of carbonyl (C=O) groups is 1. The Bertz CT molecular complexity index is 1040. The number of hydrogen-bond acceptors (Lipinski definition) is 5. The van der Waals surface area contributed by atoms with Crippen LogP contribution in [0.15, 0.2) is 29.1 Å². The van der Waals surface area contributed by atoms with Crippen molar-refractivity contribution in [3.63, 3.8) is 0 Å². The summed E-state index contributed by atoms with van der Waals surface area (Å²) < 4.78 is 14.0. The number of nitrogens with zero attached hydrogens (tertiary/aromatic N) is 3. The van der Waals surface area contributed by atoms with E-state index in [0.29, 0.717) is 21.8 Å². The van der Waals surface area contributed by atoms with Gasteiger partial charge in [-0.25, -0.2) is 9.07 Å². The second kappa shape index (κ2) is 6.60. The first-order valence-corrected chi connectivity index (χ1v) is 9.26. The van der Waals surface area contributed by atoms with Crippen LogP contribution in [0.4, 0.5) is 10.1 Å². The van der Waals surface area contributed by atoms with E-state index < -0.39 is 5.91 Å². The lowest BCUT2D eigenvalue weighted by Crippen LogP contribution is -2.30. The number of thiophene rings is 1. The molecule has 0 fully saturated rings. The largest absolute Gasteiger partial charge is 0.324 e. The molecule has 0 saturated heterocycles. The Labute approximate surface area is 152 Å². The highest BCUT2D eigenvalue weighted by atomic mass is 32.1. The lowest BCUT2D eigenvalue weighted by molar-refractivity contribution is -0.117. The van der Waals surface area contributed by atoms with Gasteiger partial charge in [0.05, 0.1) is 5.39 Å². The molecule has 1 aliphatic carbocycles. The molecule has 2 heterocycles. The maximum atomic E-state index is 12.9. The summed E-state index contributed by atoms with van der Waals surface area (Å²) in [6.45, 7) is 1.97. The third-order valence-corrected chi connectivity index (χ3v) is 5.74. The Morgan fingerprint density at radius 1 is 1.38 bits per heavy atom. The quantitative estimate of drug-likeness (QED) is 0.767. The third kappa shape index (κ3) is 3.12. The first-order chi connectivity index (χ1) is 12.5. The number of anilines is 1. The first kappa shape index (κ1) is 16.8. The Hall–Kier alpha value is -2.61. The molecule has 8 heteroatoms. The van der Waals surface area contributed by atoms with E-state index in [0.717, 1.165) is 29.5 Å². The minimum Gasteiger partial charge on any atom is -0.324 e. The molecule has 1 aromatic carbocycles. The average molecular weight is 372 g/mol. The number of halogens is 1. The maximum absolute atomic E-state index is 12.9. The lowest BCUT2D eigenvalue weighted by Gasteiger charge is -2.17. The Morgan fingerprint density at radius 2 is 2.15 bits per heavy atom. The molecule has 0 unspecified atom stereocenters. The van der Waals surface area contributed by atoms with Crippen LogP contribution in [0, 0.1) is 11.7 Å². The zero-order chi connectivity index (χ0) is 18.3. The molecule has 3 aromatic rings.